The molecule has 0 bridgehead atoms. The van der Waals surface area contributed by atoms with Crippen LogP contribution in [-0.4, -0.2) is 41.1 Å². The van der Waals surface area contributed by atoms with Crippen molar-refractivity contribution in [3.63, 3.8) is 0 Å². The molecule has 31 heavy (non-hydrogen) atoms. The second kappa shape index (κ2) is 8.71. The number of unbranched alkanes of at least 4 members (excludes halogenated alkanes) is 1. The first-order chi connectivity index (χ1) is 14.9. The third-order valence-corrected chi connectivity index (χ3v) is 6.19. The lowest BCUT2D eigenvalue weighted by molar-refractivity contribution is 0.0377. The number of hydrogen-bond acceptors (Lipinski definition) is 4. The predicted molar refractivity (Wildman–Crippen MR) is 124 cm³/mol. The van der Waals surface area contributed by atoms with Crippen LogP contribution in [0.4, 0.5) is 5.69 Å². The van der Waals surface area contributed by atoms with Crippen molar-refractivity contribution in [3.8, 4) is 0 Å². The first-order valence-electron chi connectivity index (χ1n) is 11.1. The number of hydrogen-bond donors (Lipinski definition) is 1. The summed E-state index contributed by atoms with van der Waals surface area (Å²) in [5, 5.41) is 3.72. The highest BCUT2D eigenvalue weighted by molar-refractivity contribution is 6.04. The lowest BCUT2D eigenvalue weighted by Gasteiger charge is -2.35. The molecule has 0 saturated heterocycles. The van der Waals surface area contributed by atoms with Crippen molar-refractivity contribution in [1.29, 1.82) is 0 Å². The Labute approximate surface area is 184 Å². The summed E-state index contributed by atoms with van der Waals surface area (Å²) >= 11 is 0. The van der Waals surface area contributed by atoms with E-state index in [1.165, 1.54) is 5.56 Å². The molecule has 6 nitrogen and oxygen atoms in total. The minimum absolute atomic E-state index is 0.0129. The average Bonchev–Trinajstić information content (AvgIpc) is 3.07. The number of benzene rings is 2. The number of rotatable bonds is 6. The van der Waals surface area contributed by atoms with E-state index in [2.05, 4.69) is 36.5 Å². The smallest absolute Gasteiger partial charge is 0.253 e. The van der Waals surface area contributed by atoms with Crippen LogP contribution in [0.5, 0.6) is 0 Å². The van der Waals surface area contributed by atoms with Crippen LogP contribution in [0.1, 0.15) is 65.6 Å². The normalized spacial score (nSPS) is 18.0. The molecule has 0 radical (unpaired) electrons. The maximum atomic E-state index is 13.2. The van der Waals surface area contributed by atoms with Gasteiger partial charge in [0.1, 0.15) is 11.3 Å². The van der Waals surface area contributed by atoms with Gasteiger partial charge in [0, 0.05) is 45.3 Å². The summed E-state index contributed by atoms with van der Waals surface area (Å²) in [7, 11) is 5.58. The molecule has 3 aromatic rings. The Morgan fingerprint density at radius 2 is 2.03 bits per heavy atom. The molecule has 0 fully saturated rings. The molecule has 2 atom stereocenters. The highest BCUT2D eigenvalue weighted by atomic mass is 16.5. The second-order valence-corrected chi connectivity index (χ2v) is 8.55. The van der Waals surface area contributed by atoms with Gasteiger partial charge in [-0.25, -0.2) is 4.98 Å². The maximum Gasteiger partial charge on any atom is 0.253 e. The molecule has 0 spiro atoms. The first kappa shape index (κ1) is 21.4. The van der Waals surface area contributed by atoms with Gasteiger partial charge >= 0.3 is 0 Å². The Bertz CT molecular complexity index is 1090. The summed E-state index contributed by atoms with van der Waals surface area (Å²) in [5.41, 5.74) is 5.61. The number of aryl methyl sites for hydroxylation is 2. The molecule has 0 saturated carbocycles. The van der Waals surface area contributed by atoms with Crippen molar-refractivity contribution in [2.75, 3.05) is 26.0 Å². The van der Waals surface area contributed by atoms with E-state index in [0.29, 0.717) is 12.2 Å². The predicted octanol–water partition coefficient (Wildman–Crippen LogP) is 5.00. The van der Waals surface area contributed by atoms with Gasteiger partial charge in [0.2, 0.25) is 0 Å². The van der Waals surface area contributed by atoms with Gasteiger partial charge in [-0.3, -0.25) is 4.79 Å². The van der Waals surface area contributed by atoms with E-state index in [0.717, 1.165) is 47.4 Å². The van der Waals surface area contributed by atoms with Gasteiger partial charge in [0.25, 0.3) is 5.91 Å². The highest BCUT2D eigenvalue weighted by Gasteiger charge is 2.35. The molecule has 6 heteroatoms. The largest absolute Gasteiger partial charge is 0.376 e. The molecule has 2 aromatic carbocycles. The monoisotopic (exact) mass is 420 g/mol. The Hall–Kier alpha value is -2.86. The molecule has 164 valence electrons. The van der Waals surface area contributed by atoms with Gasteiger partial charge in [0.05, 0.1) is 23.3 Å². The minimum Gasteiger partial charge on any atom is -0.376 e. The van der Waals surface area contributed by atoms with E-state index in [-0.39, 0.29) is 18.1 Å². The number of carbonyl (C=O) groups excluding carboxylic acids is 1. The Balaban J connectivity index is 1.92. The van der Waals surface area contributed by atoms with Gasteiger partial charge < -0.3 is 19.5 Å². The van der Waals surface area contributed by atoms with E-state index in [4.69, 9.17) is 9.72 Å². The third kappa shape index (κ3) is 3.92. The third-order valence-electron chi connectivity index (χ3n) is 6.19. The summed E-state index contributed by atoms with van der Waals surface area (Å²) in [6, 6.07) is 12.5. The summed E-state index contributed by atoms with van der Waals surface area (Å²) in [5.74, 6) is 0.903. The van der Waals surface area contributed by atoms with Gasteiger partial charge in [-0.2, -0.15) is 0 Å². The molecule has 1 aliphatic heterocycles. The number of imidazole rings is 1. The Morgan fingerprint density at radius 1 is 1.29 bits per heavy atom. The number of nitrogens with zero attached hydrogens (tertiary/aromatic N) is 3. The van der Waals surface area contributed by atoms with E-state index in [1.54, 1.807) is 19.0 Å². The fraction of sp³-hybridized carbons (Fsp3) is 0.440. The van der Waals surface area contributed by atoms with Crippen LogP contribution in [0.3, 0.4) is 0 Å². The Kier molecular flexibility index (Phi) is 6.01. The molecule has 0 unspecified atom stereocenters. The summed E-state index contributed by atoms with van der Waals surface area (Å²) in [4.78, 5) is 19.7. The quantitative estimate of drug-likeness (QED) is 0.570. The van der Waals surface area contributed by atoms with Crippen LogP contribution >= 0.6 is 0 Å². The number of ether oxygens (including phenoxy) is 1. The van der Waals surface area contributed by atoms with E-state index >= 15 is 0 Å². The molecule has 1 aliphatic rings. The molecule has 2 heterocycles. The van der Waals surface area contributed by atoms with Crippen molar-refractivity contribution in [2.45, 2.75) is 45.3 Å². The number of aromatic nitrogens is 2. The highest BCUT2D eigenvalue weighted by Crippen LogP contribution is 2.46. The van der Waals surface area contributed by atoms with Crippen molar-refractivity contribution in [3.05, 3.63) is 58.9 Å². The average molecular weight is 421 g/mol. The molecule has 0 aliphatic carbocycles. The zero-order chi connectivity index (χ0) is 22.1. The molecular formula is C25H32N4O2. The molecule has 1 amide bonds. The van der Waals surface area contributed by atoms with Crippen LogP contribution in [0.25, 0.3) is 11.0 Å². The van der Waals surface area contributed by atoms with Crippen LogP contribution < -0.4 is 5.32 Å². The molecule has 1 aromatic heterocycles. The SMILES string of the molecule is CCCCO[C@@H]1C[C@@H](c2ccccc2)Nc2c1c(C(=O)N(C)C)cc1c2nc(C)n1C. The van der Waals surface area contributed by atoms with Gasteiger partial charge in [-0.15, -0.1) is 0 Å². The van der Waals surface area contributed by atoms with Crippen LogP contribution in [0, 0.1) is 6.92 Å². The van der Waals surface area contributed by atoms with E-state index < -0.39 is 0 Å². The lowest BCUT2D eigenvalue weighted by atomic mass is 9.87. The van der Waals surface area contributed by atoms with E-state index in [1.807, 2.05) is 30.7 Å². The number of amides is 1. The van der Waals surface area contributed by atoms with Crippen LogP contribution in [-0.2, 0) is 11.8 Å². The van der Waals surface area contributed by atoms with Crippen LogP contribution in [0.15, 0.2) is 36.4 Å². The zero-order valence-corrected chi connectivity index (χ0v) is 19.1. The van der Waals surface area contributed by atoms with Crippen molar-refractivity contribution in [1.82, 2.24) is 14.5 Å². The zero-order valence-electron chi connectivity index (χ0n) is 19.1. The van der Waals surface area contributed by atoms with E-state index in [9.17, 15) is 4.79 Å². The Morgan fingerprint density at radius 3 is 2.71 bits per heavy atom. The standard InChI is InChI=1S/C25H32N4O2/c1-6-7-13-31-21-15-19(17-11-9-8-10-12-17)27-24-22(21)18(25(30)28(3)4)14-20-23(24)26-16(2)29(20)5/h8-12,14,19,21,27H,6-7,13,15H2,1-5H3/t19-,21+/m0/s1. The molecule has 1 N–H and O–H groups in total. The second-order valence-electron chi connectivity index (χ2n) is 8.55. The van der Waals surface area contributed by atoms with Crippen molar-refractivity contribution >= 4 is 22.6 Å². The summed E-state index contributed by atoms with van der Waals surface area (Å²) in [6.45, 7) is 4.83. The van der Waals surface area contributed by atoms with Crippen LogP contribution in [0.2, 0.25) is 0 Å². The van der Waals surface area contributed by atoms with Gasteiger partial charge in [-0.1, -0.05) is 43.7 Å². The lowest BCUT2D eigenvalue weighted by Crippen LogP contribution is -2.29. The van der Waals surface area contributed by atoms with Crippen molar-refractivity contribution < 1.29 is 9.53 Å². The van der Waals surface area contributed by atoms with Crippen molar-refractivity contribution in [2.24, 2.45) is 7.05 Å². The fourth-order valence-corrected chi connectivity index (χ4v) is 4.34. The molecular weight excluding hydrogens is 388 g/mol. The van der Waals surface area contributed by atoms with Gasteiger partial charge in [0.15, 0.2) is 0 Å². The summed E-state index contributed by atoms with van der Waals surface area (Å²) < 4.78 is 8.46. The number of fused-ring (bicyclic) bond motifs is 3. The molecule has 4 rings (SSSR count). The topological polar surface area (TPSA) is 59.4 Å². The first-order valence-corrected chi connectivity index (χ1v) is 11.1. The summed E-state index contributed by atoms with van der Waals surface area (Å²) in [6.07, 6.45) is 2.67. The minimum atomic E-state index is -0.168. The maximum absolute atomic E-state index is 13.2. The number of carbonyl (C=O) groups is 1. The van der Waals surface area contributed by atoms with Gasteiger partial charge in [-0.05, 0) is 25.0 Å². The fourth-order valence-electron chi connectivity index (χ4n) is 4.34. The number of anilines is 1. The number of nitrogens with one attached hydrogen (secondary N) is 1.